The number of aliphatic carboxylic acids is 1. The van der Waals surface area contributed by atoms with E-state index in [1.807, 2.05) is 6.07 Å². The van der Waals surface area contributed by atoms with Crippen molar-refractivity contribution in [3.63, 3.8) is 0 Å². The van der Waals surface area contributed by atoms with Crippen LogP contribution < -0.4 is 10.6 Å². The van der Waals surface area contributed by atoms with E-state index in [0.29, 0.717) is 17.1 Å². The van der Waals surface area contributed by atoms with E-state index in [9.17, 15) is 19.5 Å². The number of carbonyl (C=O) groups is 3. The molecule has 1 saturated heterocycles. The van der Waals surface area contributed by atoms with E-state index in [2.05, 4.69) is 0 Å². The highest BCUT2D eigenvalue weighted by Gasteiger charge is 2.56. The zero-order valence-corrected chi connectivity index (χ0v) is 14.2. The van der Waals surface area contributed by atoms with Gasteiger partial charge in [0, 0.05) is 5.75 Å². The molecule has 2 heterocycles. The average molecular weight is 363 g/mol. The maximum atomic E-state index is 12.4. The quantitative estimate of drug-likeness (QED) is 0.337. The van der Waals surface area contributed by atoms with Gasteiger partial charge >= 0.3 is 5.97 Å². The lowest BCUT2D eigenvalue weighted by molar-refractivity contribution is -0.160. The van der Waals surface area contributed by atoms with Crippen molar-refractivity contribution in [1.82, 2.24) is 9.91 Å². The lowest BCUT2D eigenvalue weighted by Crippen LogP contribution is -2.73. The molecule has 132 valence electrons. The fourth-order valence-electron chi connectivity index (χ4n) is 2.77. The number of hydrogen-bond donors (Lipinski definition) is 2. The summed E-state index contributed by atoms with van der Waals surface area (Å²) in [5.41, 5.74) is 0.592. The summed E-state index contributed by atoms with van der Waals surface area (Å²) >= 11 is 1.38. The number of ether oxygens (including phenoxy) is 1. The molecule has 0 saturated carbocycles. The van der Waals surface area contributed by atoms with Crippen molar-refractivity contribution in [3.8, 4) is 5.75 Å². The second-order valence-electron chi connectivity index (χ2n) is 5.69. The van der Waals surface area contributed by atoms with Crippen molar-refractivity contribution in [1.29, 1.82) is 0 Å². The molecule has 2 aliphatic heterocycles. The molecular weight excluding hydrogens is 346 g/mol. The maximum Gasteiger partial charge on any atom is 0.352 e. The van der Waals surface area contributed by atoms with Crippen LogP contribution in [0.25, 0.3) is 0 Å². The molecule has 2 amide bonds. The number of rotatable bonds is 5. The summed E-state index contributed by atoms with van der Waals surface area (Å²) in [5, 5.41) is 9.65. The second kappa shape index (κ2) is 6.77. The van der Waals surface area contributed by atoms with Gasteiger partial charge in [0.25, 0.3) is 11.8 Å². The average Bonchev–Trinajstić information content (AvgIpc) is 2.60. The minimum Gasteiger partial charge on any atom is -0.484 e. The molecule has 3 rings (SSSR count). The Morgan fingerprint density at radius 1 is 1.40 bits per heavy atom. The van der Waals surface area contributed by atoms with Gasteiger partial charge in [-0.25, -0.2) is 10.6 Å². The van der Waals surface area contributed by atoms with Gasteiger partial charge in [-0.15, -0.1) is 11.8 Å². The zero-order chi connectivity index (χ0) is 18.1. The Kier molecular flexibility index (Phi) is 4.69. The number of amides is 2. The number of β-lactam (4-membered cyclic amide) rings is 1. The summed E-state index contributed by atoms with van der Waals surface area (Å²) in [5.74, 6) is 4.60. The SMILES string of the molecule is CC1=C(C(=O)O)N2C(=O)C(N(N)C(=O)COc3ccccc3)[C@H]2SC1. The van der Waals surface area contributed by atoms with Crippen molar-refractivity contribution in [2.75, 3.05) is 12.4 Å². The number of fused-ring (bicyclic) bond motifs is 1. The first-order valence-electron chi connectivity index (χ1n) is 7.54. The number of para-hydroxylation sites is 1. The predicted molar refractivity (Wildman–Crippen MR) is 90.2 cm³/mol. The molecule has 0 spiro atoms. The normalized spacial score (nSPS) is 22.2. The highest BCUT2D eigenvalue weighted by molar-refractivity contribution is 8.00. The standard InChI is InChI=1S/C16H17N3O5S/c1-9-8-25-15-13(14(21)18(15)12(9)16(22)23)19(17)11(20)7-24-10-5-3-2-4-6-10/h2-6,13,15H,7-8,17H2,1H3,(H,22,23)/t13?,15-/m1/s1. The number of hydrazine groups is 1. The molecule has 2 atom stereocenters. The lowest BCUT2D eigenvalue weighted by atomic mass is 10.0. The number of thioether (sulfide) groups is 1. The van der Waals surface area contributed by atoms with E-state index >= 15 is 0 Å². The number of benzene rings is 1. The summed E-state index contributed by atoms with van der Waals surface area (Å²) in [7, 11) is 0. The Bertz CT molecular complexity index is 751. The predicted octanol–water partition coefficient (Wildman–Crippen LogP) is 0.410. The van der Waals surface area contributed by atoms with Gasteiger partial charge in [0.15, 0.2) is 12.6 Å². The molecule has 2 aliphatic rings. The summed E-state index contributed by atoms with van der Waals surface area (Å²) in [6.45, 7) is 1.37. The van der Waals surface area contributed by atoms with Gasteiger partial charge < -0.3 is 9.84 Å². The van der Waals surface area contributed by atoms with Gasteiger partial charge in [0.2, 0.25) is 0 Å². The van der Waals surface area contributed by atoms with Crippen molar-refractivity contribution in [3.05, 3.63) is 41.6 Å². The molecule has 1 fully saturated rings. The molecule has 0 radical (unpaired) electrons. The molecule has 25 heavy (non-hydrogen) atoms. The zero-order valence-electron chi connectivity index (χ0n) is 13.4. The maximum absolute atomic E-state index is 12.4. The van der Waals surface area contributed by atoms with Crippen molar-refractivity contribution >= 4 is 29.5 Å². The van der Waals surface area contributed by atoms with E-state index in [0.717, 1.165) is 5.01 Å². The fraction of sp³-hybridized carbons (Fsp3) is 0.312. The summed E-state index contributed by atoms with van der Waals surface area (Å²) in [6, 6.07) is 7.88. The molecule has 1 unspecified atom stereocenters. The monoisotopic (exact) mass is 363 g/mol. The molecule has 1 aromatic rings. The Labute approximate surface area is 148 Å². The number of nitrogens with two attached hydrogens (primary N) is 1. The Balaban J connectivity index is 1.66. The highest BCUT2D eigenvalue weighted by Crippen LogP contribution is 2.41. The third-order valence-corrected chi connectivity index (χ3v) is 5.44. The van der Waals surface area contributed by atoms with Gasteiger partial charge in [-0.05, 0) is 24.6 Å². The number of carboxylic acids is 1. The molecule has 8 nitrogen and oxygen atoms in total. The first-order valence-corrected chi connectivity index (χ1v) is 8.59. The second-order valence-corrected chi connectivity index (χ2v) is 6.80. The number of nitrogens with zero attached hydrogens (tertiary/aromatic N) is 2. The molecular formula is C16H17N3O5S. The molecule has 0 aromatic heterocycles. The van der Waals surface area contributed by atoms with Crippen LogP contribution in [-0.4, -0.2) is 56.6 Å². The van der Waals surface area contributed by atoms with Gasteiger partial charge in [-0.2, -0.15) is 0 Å². The van der Waals surface area contributed by atoms with Crippen molar-refractivity contribution in [2.45, 2.75) is 18.3 Å². The van der Waals surface area contributed by atoms with E-state index < -0.39 is 29.2 Å². The minimum atomic E-state index is -1.16. The van der Waals surface area contributed by atoms with Crippen LogP contribution in [0.1, 0.15) is 6.92 Å². The van der Waals surface area contributed by atoms with Gasteiger partial charge in [0.05, 0.1) is 0 Å². The topological polar surface area (TPSA) is 113 Å². The molecule has 9 heteroatoms. The van der Waals surface area contributed by atoms with Crippen LogP contribution in [0.3, 0.4) is 0 Å². The number of carboxylic acid groups (broad SMARTS) is 1. The minimum absolute atomic E-state index is 0.0219. The fourth-order valence-corrected chi connectivity index (χ4v) is 4.12. The van der Waals surface area contributed by atoms with Crippen molar-refractivity contribution < 1.29 is 24.2 Å². The van der Waals surface area contributed by atoms with Gasteiger partial charge in [-0.3, -0.25) is 19.5 Å². The van der Waals surface area contributed by atoms with Crippen LogP contribution >= 0.6 is 11.8 Å². The lowest BCUT2D eigenvalue weighted by Gasteiger charge is -2.51. The largest absolute Gasteiger partial charge is 0.484 e. The number of hydrogen-bond acceptors (Lipinski definition) is 6. The van der Waals surface area contributed by atoms with E-state index in [4.69, 9.17) is 10.6 Å². The van der Waals surface area contributed by atoms with Crippen LogP contribution in [0.4, 0.5) is 0 Å². The number of carbonyl (C=O) groups excluding carboxylic acids is 2. The Morgan fingerprint density at radius 2 is 2.08 bits per heavy atom. The first kappa shape index (κ1) is 17.3. The smallest absolute Gasteiger partial charge is 0.352 e. The van der Waals surface area contributed by atoms with Crippen LogP contribution in [0.5, 0.6) is 5.75 Å². The van der Waals surface area contributed by atoms with Crippen LogP contribution in [0, 0.1) is 0 Å². The Hall–Kier alpha value is -2.52. The molecule has 3 N–H and O–H groups in total. The van der Waals surface area contributed by atoms with Crippen LogP contribution in [0.15, 0.2) is 41.6 Å². The third-order valence-electron chi connectivity index (χ3n) is 4.03. The van der Waals surface area contributed by atoms with Gasteiger partial charge in [-0.1, -0.05) is 18.2 Å². The van der Waals surface area contributed by atoms with Crippen molar-refractivity contribution in [2.24, 2.45) is 5.84 Å². The first-order chi connectivity index (χ1) is 11.9. The van der Waals surface area contributed by atoms with E-state index in [-0.39, 0.29) is 12.3 Å². The third kappa shape index (κ3) is 3.08. The Morgan fingerprint density at radius 3 is 2.72 bits per heavy atom. The summed E-state index contributed by atoms with van der Waals surface area (Å²) < 4.78 is 5.35. The van der Waals surface area contributed by atoms with Crippen LogP contribution in [0.2, 0.25) is 0 Å². The van der Waals surface area contributed by atoms with Gasteiger partial charge in [0.1, 0.15) is 16.8 Å². The summed E-state index contributed by atoms with van der Waals surface area (Å²) in [6.07, 6.45) is 0. The highest BCUT2D eigenvalue weighted by atomic mass is 32.2. The molecule has 0 bridgehead atoms. The van der Waals surface area contributed by atoms with Crippen LogP contribution in [-0.2, 0) is 14.4 Å². The van der Waals surface area contributed by atoms with E-state index in [1.54, 1.807) is 31.2 Å². The molecule has 0 aliphatic carbocycles. The summed E-state index contributed by atoms with van der Waals surface area (Å²) in [4.78, 5) is 37.2. The van der Waals surface area contributed by atoms with E-state index in [1.165, 1.54) is 16.7 Å². The molecule has 1 aromatic carbocycles.